The molecule has 0 bridgehead atoms. The van der Waals surface area contributed by atoms with Crippen molar-refractivity contribution < 1.29 is 17.9 Å². The third kappa shape index (κ3) is 6.19. The van der Waals surface area contributed by atoms with E-state index in [-0.39, 0.29) is 6.54 Å². The largest absolute Gasteiger partial charge is 0.468 e. The first kappa shape index (κ1) is 23.2. The lowest BCUT2D eigenvalue weighted by atomic mass is 10.0. The number of carbonyl (C=O) groups is 1. The first-order valence-corrected chi connectivity index (χ1v) is 10.5. The van der Waals surface area contributed by atoms with E-state index < -0.39 is 28.2 Å². The molecule has 0 saturated carbocycles. The van der Waals surface area contributed by atoms with Crippen LogP contribution >= 0.6 is 11.6 Å². The molecule has 2 aromatic carbocycles. The molecule has 6 nitrogen and oxygen atoms in total. The molecular formula is C21H27ClN2O4S. The average molecular weight is 439 g/mol. The smallest absolute Gasteiger partial charge is 0.326 e. The van der Waals surface area contributed by atoms with E-state index >= 15 is 0 Å². The standard InChI is InChI=1S/C21H27ClN2O4S/c1-15-10-12-17(13-11-15)28-29(26)24(19(20(25)27-5)21(2,3)22)14-16-8-6-7-9-18(16)23-4/h6-13,19,23H,14H2,1-5H3. The second-order valence-corrected chi connectivity index (χ2v) is 9.13. The number of nitrogens with zero attached hydrogens (tertiary/aromatic N) is 1. The van der Waals surface area contributed by atoms with E-state index in [1.165, 1.54) is 11.4 Å². The van der Waals surface area contributed by atoms with Gasteiger partial charge in [-0.25, -0.2) is 0 Å². The van der Waals surface area contributed by atoms with Crippen LogP contribution in [0.25, 0.3) is 0 Å². The number of hydrogen-bond acceptors (Lipinski definition) is 5. The predicted molar refractivity (Wildman–Crippen MR) is 117 cm³/mol. The zero-order chi connectivity index (χ0) is 21.6. The van der Waals surface area contributed by atoms with E-state index in [0.717, 1.165) is 16.8 Å². The number of halogens is 1. The molecule has 2 rings (SSSR count). The number of hydrogen-bond donors (Lipinski definition) is 1. The van der Waals surface area contributed by atoms with Crippen LogP contribution in [0.3, 0.4) is 0 Å². The third-order valence-electron chi connectivity index (χ3n) is 4.36. The highest BCUT2D eigenvalue weighted by Crippen LogP contribution is 2.29. The van der Waals surface area contributed by atoms with Gasteiger partial charge in [0.05, 0.1) is 12.0 Å². The number of carbonyl (C=O) groups excluding carboxylic acids is 1. The van der Waals surface area contributed by atoms with Gasteiger partial charge in [-0.2, -0.15) is 8.51 Å². The Morgan fingerprint density at radius 1 is 1.21 bits per heavy atom. The lowest BCUT2D eigenvalue weighted by molar-refractivity contribution is -0.146. The SMILES string of the molecule is CNc1ccccc1CN(C(C(=O)OC)C(C)(C)Cl)S(=O)Oc1ccc(C)cc1. The van der Waals surface area contributed by atoms with E-state index in [4.69, 9.17) is 20.5 Å². The van der Waals surface area contributed by atoms with Crippen molar-refractivity contribution in [2.75, 3.05) is 19.5 Å². The van der Waals surface area contributed by atoms with E-state index in [2.05, 4.69) is 5.32 Å². The van der Waals surface area contributed by atoms with Crippen molar-refractivity contribution in [3.8, 4) is 5.75 Å². The summed E-state index contributed by atoms with van der Waals surface area (Å²) < 4.78 is 25.3. The molecule has 29 heavy (non-hydrogen) atoms. The van der Waals surface area contributed by atoms with E-state index in [1.807, 2.05) is 43.3 Å². The molecule has 0 saturated heterocycles. The summed E-state index contributed by atoms with van der Waals surface area (Å²) in [6.07, 6.45) is 0. The first-order valence-electron chi connectivity index (χ1n) is 9.13. The highest BCUT2D eigenvalue weighted by Gasteiger charge is 2.43. The monoisotopic (exact) mass is 438 g/mol. The lowest BCUT2D eigenvalue weighted by Gasteiger charge is -2.34. The Balaban J connectivity index is 2.43. The van der Waals surface area contributed by atoms with Crippen molar-refractivity contribution in [2.45, 2.75) is 38.2 Å². The molecule has 2 aromatic rings. The molecule has 2 unspecified atom stereocenters. The van der Waals surface area contributed by atoms with Crippen LogP contribution in [0.1, 0.15) is 25.0 Å². The summed E-state index contributed by atoms with van der Waals surface area (Å²) in [4.78, 5) is 11.5. The number of alkyl halides is 1. The number of rotatable bonds is 9. The Morgan fingerprint density at radius 3 is 2.38 bits per heavy atom. The van der Waals surface area contributed by atoms with Gasteiger partial charge in [-0.05, 0) is 44.5 Å². The Hall–Kier alpha value is -2.09. The van der Waals surface area contributed by atoms with Crippen LogP contribution in [-0.4, -0.2) is 39.6 Å². The number of benzene rings is 2. The number of para-hydroxylation sites is 1. The Morgan fingerprint density at radius 2 is 1.83 bits per heavy atom. The maximum atomic E-state index is 13.2. The Kier molecular flexibility index (Phi) is 8.07. The normalized spacial score (nSPS) is 13.6. The van der Waals surface area contributed by atoms with Crippen LogP contribution < -0.4 is 9.50 Å². The Bertz CT molecular complexity index is 853. The van der Waals surface area contributed by atoms with Crippen LogP contribution in [0, 0.1) is 6.92 Å². The first-order chi connectivity index (χ1) is 13.7. The highest BCUT2D eigenvalue weighted by atomic mass is 35.5. The number of ether oxygens (including phenoxy) is 1. The number of anilines is 1. The minimum absolute atomic E-state index is 0.158. The summed E-state index contributed by atoms with van der Waals surface area (Å²) in [5.41, 5.74) is 2.74. The minimum Gasteiger partial charge on any atom is -0.468 e. The molecule has 0 spiro atoms. The number of esters is 1. The molecule has 2 atom stereocenters. The van der Waals surface area contributed by atoms with Gasteiger partial charge in [0, 0.05) is 19.3 Å². The van der Waals surface area contributed by atoms with Crippen LogP contribution in [-0.2, 0) is 27.3 Å². The number of methoxy groups -OCH3 is 1. The van der Waals surface area contributed by atoms with Gasteiger partial charge in [0.15, 0.2) is 0 Å². The molecule has 8 heteroatoms. The average Bonchev–Trinajstić information content (AvgIpc) is 2.68. The molecule has 0 aromatic heterocycles. The van der Waals surface area contributed by atoms with Crippen molar-refractivity contribution in [1.29, 1.82) is 0 Å². The van der Waals surface area contributed by atoms with E-state index in [9.17, 15) is 9.00 Å². The number of aryl methyl sites for hydroxylation is 1. The molecule has 0 fully saturated rings. The van der Waals surface area contributed by atoms with Gasteiger partial charge in [-0.3, -0.25) is 4.79 Å². The van der Waals surface area contributed by atoms with Gasteiger partial charge in [-0.1, -0.05) is 35.9 Å². The predicted octanol–water partition coefficient (Wildman–Crippen LogP) is 4.06. The van der Waals surface area contributed by atoms with Crippen molar-refractivity contribution >= 4 is 34.5 Å². The lowest BCUT2D eigenvalue weighted by Crippen LogP contribution is -2.53. The van der Waals surface area contributed by atoms with Crippen molar-refractivity contribution in [2.24, 2.45) is 0 Å². The summed E-state index contributed by atoms with van der Waals surface area (Å²) in [6, 6.07) is 13.7. The topological polar surface area (TPSA) is 67.9 Å². The minimum atomic E-state index is -2.00. The second kappa shape index (κ2) is 10.1. The quantitative estimate of drug-likeness (QED) is 0.472. The molecule has 158 valence electrons. The molecule has 0 aliphatic rings. The van der Waals surface area contributed by atoms with Crippen LogP contribution in [0.4, 0.5) is 5.69 Å². The summed E-state index contributed by atoms with van der Waals surface area (Å²) in [6.45, 7) is 5.46. The van der Waals surface area contributed by atoms with Gasteiger partial charge in [0.1, 0.15) is 11.8 Å². The fourth-order valence-electron chi connectivity index (χ4n) is 2.88. The third-order valence-corrected chi connectivity index (χ3v) is 5.62. The number of nitrogens with one attached hydrogen (secondary N) is 1. The van der Waals surface area contributed by atoms with Crippen molar-refractivity contribution in [3.05, 3.63) is 59.7 Å². The van der Waals surface area contributed by atoms with Crippen LogP contribution in [0.2, 0.25) is 0 Å². The summed E-state index contributed by atoms with van der Waals surface area (Å²) in [5, 5.41) is 3.10. The fraction of sp³-hybridized carbons (Fsp3) is 0.381. The van der Waals surface area contributed by atoms with Crippen molar-refractivity contribution in [3.63, 3.8) is 0 Å². The maximum Gasteiger partial charge on any atom is 0.326 e. The molecule has 0 amide bonds. The molecule has 1 N–H and O–H groups in total. The van der Waals surface area contributed by atoms with E-state index in [0.29, 0.717) is 5.75 Å². The van der Waals surface area contributed by atoms with Crippen LogP contribution in [0.15, 0.2) is 48.5 Å². The van der Waals surface area contributed by atoms with Gasteiger partial charge in [-0.15, -0.1) is 11.6 Å². The van der Waals surface area contributed by atoms with Gasteiger partial charge in [0.25, 0.3) is 11.3 Å². The van der Waals surface area contributed by atoms with Gasteiger partial charge < -0.3 is 14.2 Å². The molecule has 0 heterocycles. The fourth-order valence-corrected chi connectivity index (χ4v) is 4.28. The van der Waals surface area contributed by atoms with Crippen LogP contribution in [0.5, 0.6) is 5.75 Å². The zero-order valence-electron chi connectivity index (χ0n) is 17.3. The molecular weight excluding hydrogens is 412 g/mol. The Labute approximate surface area is 179 Å². The van der Waals surface area contributed by atoms with Gasteiger partial charge in [0.2, 0.25) is 0 Å². The molecule has 0 aliphatic carbocycles. The molecule has 0 radical (unpaired) electrons. The summed E-state index contributed by atoms with van der Waals surface area (Å²) in [7, 11) is 3.08. The second-order valence-electron chi connectivity index (χ2n) is 7.09. The maximum absolute atomic E-state index is 13.2. The van der Waals surface area contributed by atoms with Gasteiger partial charge >= 0.3 is 5.97 Å². The summed E-state index contributed by atoms with van der Waals surface area (Å²) in [5.74, 6) is -0.162. The molecule has 0 aliphatic heterocycles. The van der Waals surface area contributed by atoms with E-state index in [1.54, 1.807) is 33.0 Å². The summed E-state index contributed by atoms with van der Waals surface area (Å²) >= 11 is 4.52. The highest BCUT2D eigenvalue weighted by molar-refractivity contribution is 7.78. The zero-order valence-corrected chi connectivity index (χ0v) is 18.8. The van der Waals surface area contributed by atoms with Crippen molar-refractivity contribution in [1.82, 2.24) is 4.31 Å².